The Bertz CT molecular complexity index is 464. The topological polar surface area (TPSA) is 66.4 Å². The van der Waals surface area contributed by atoms with Crippen LogP contribution in [-0.2, 0) is 4.74 Å². The van der Waals surface area contributed by atoms with Crippen molar-refractivity contribution in [3.63, 3.8) is 0 Å². The molecule has 5 heteroatoms. The van der Waals surface area contributed by atoms with E-state index in [4.69, 9.17) is 4.74 Å². The minimum absolute atomic E-state index is 0. The van der Waals surface area contributed by atoms with Gasteiger partial charge in [-0.15, -0.1) is 0 Å². The predicted octanol–water partition coefficient (Wildman–Crippen LogP) is -2.80. The van der Waals surface area contributed by atoms with E-state index in [1.54, 1.807) is 0 Å². The van der Waals surface area contributed by atoms with Crippen molar-refractivity contribution in [2.75, 3.05) is 0 Å². The summed E-state index contributed by atoms with van der Waals surface area (Å²) in [7, 11) is 0. The van der Waals surface area contributed by atoms with Gasteiger partial charge < -0.3 is 14.6 Å². The SMILES string of the molecule is C=C1OC(=O)c2ccc(C(=O)[O-])cc21.[K+]. The third-order valence-corrected chi connectivity index (χ3v) is 1.99. The van der Waals surface area contributed by atoms with Gasteiger partial charge >= 0.3 is 57.4 Å². The van der Waals surface area contributed by atoms with Gasteiger partial charge in [-0.2, -0.15) is 0 Å². The molecular formula is C10H5KO4. The van der Waals surface area contributed by atoms with Crippen LogP contribution < -0.4 is 56.5 Å². The van der Waals surface area contributed by atoms with Crippen molar-refractivity contribution in [3.8, 4) is 0 Å². The van der Waals surface area contributed by atoms with Crippen molar-refractivity contribution in [2.24, 2.45) is 0 Å². The summed E-state index contributed by atoms with van der Waals surface area (Å²) >= 11 is 0. The third kappa shape index (κ3) is 2.21. The standard InChI is InChI=1S/C10H6O4.K/c1-5-8-4-6(9(11)12)2-3-7(8)10(13)14-5;/h2-4H,1H2,(H,11,12);/q;+1/p-1. The molecule has 1 aliphatic heterocycles. The molecule has 0 saturated heterocycles. The number of ether oxygens (including phenoxy) is 1. The maximum Gasteiger partial charge on any atom is 1.00 e. The molecule has 1 heterocycles. The predicted molar refractivity (Wildman–Crippen MR) is 45.2 cm³/mol. The number of hydrogen-bond donors (Lipinski definition) is 0. The second-order valence-electron chi connectivity index (χ2n) is 2.86. The van der Waals surface area contributed by atoms with Gasteiger partial charge in [0.15, 0.2) is 0 Å². The van der Waals surface area contributed by atoms with E-state index in [9.17, 15) is 14.7 Å². The first-order valence-electron chi connectivity index (χ1n) is 3.86. The first kappa shape index (κ1) is 12.6. The average molecular weight is 228 g/mol. The van der Waals surface area contributed by atoms with Crippen molar-refractivity contribution >= 4 is 17.7 Å². The Morgan fingerprint density at radius 1 is 1.33 bits per heavy atom. The van der Waals surface area contributed by atoms with Crippen LogP contribution in [-0.4, -0.2) is 11.9 Å². The van der Waals surface area contributed by atoms with Gasteiger partial charge in [0.25, 0.3) is 0 Å². The Labute approximate surface area is 128 Å². The molecule has 0 aliphatic carbocycles. The molecule has 0 radical (unpaired) electrons. The van der Waals surface area contributed by atoms with Crippen LogP contribution in [0.5, 0.6) is 0 Å². The van der Waals surface area contributed by atoms with Crippen molar-refractivity contribution in [1.29, 1.82) is 0 Å². The fourth-order valence-electron chi connectivity index (χ4n) is 1.30. The number of benzene rings is 1. The van der Waals surface area contributed by atoms with E-state index in [1.165, 1.54) is 18.2 Å². The van der Waals surface area contributed by atoms with E-state index in [0.717, 1.165) is 0 Å². The van der Waals surface area contributed by atoms with E-state index in [0.29, 0.717) is 11.1 Å². The van der Waals surface area contributed by atoms with E-state index in [-0.39, 0.29) is 62.7 Å². The molecule has 0 amide bonds. The number of fused-ring (bicyclic) bond motifs is 1. The van der Waals surface area contributed by atoms with Crippen LogP contribution in [0.4, 0.5) is 0 Å². The molecule has 0 atom stereocenters. The summed E-state index contributed by atoms with van der Waals surface area (Å²) in [5, 5.41) is 10.5. The Morgan fingerprint density at radius 2 is 2.00 bits per heavy atom. The first-order chi connectivity index (χ1) is 6.59. The fourth-order valence-corrected chi connectivity index (χ4v) is 1.30. The number of carboxylic acid groups (broad SMARTS) is 1. The summed E-state index contributed by atoms with van der Waals surface area (Å²) in [5.74, 6) is -1.62. The molecule has 0 aromatic heterocycles. The van der Waals surface area contributed by atoms with Crippen molar-refractivity contribution < 1.29 is 70.8 Å². The number of carboxylic acids is 1. The third-order valence-electron chi connectivity index (χ3n) is 1.99. The fraction of sp³-hybridized carbons (Fsp3) is 0. The number of carbonyl (C=O) groups is 2. The quantitative estimate of drug-likeness (QED) is 0.384. The maximum atomic E-state index is 11.1. The summed E-state index contributed by atoms with van der Waals surface area (Å²) in [5.41, 5.74) is 0.750. The molecule has 2 rings (SSSR count). The van der Waals surface area contributed by atoms with E-state index < -0.39 is 11.9 Å². The van der Waals surface area contributed by atoms with Crippen LogP contribution in [0.3, 0.4) is 0 Å². The number of rotatable bonds is 1. The maximum absolute atomic E-state index is 11.1. The Balaban J connectivity index is 0.00000112. The molecular weight excluding hydrogens is 223 g/mol. The van der Waals surface area contributed by atoms with Crippen LogP contribution in [0.25, 0.3) is 5.76 Å². The molecule has 4 nitrogen and oxygen atoms in total. The summed E-state index contributed by atoms with van der Waals surface area (Å²) < 4.78 is 4.72. The summed E-state index contributed by atoms with van der Waals surface area (Å²) in [6, 6.07) is 4.01. The van der Waals surface area contributed by atoms with E-state index in [2.05, 4.69) is 6.58 Å². The number of cyclic esters (lactones) is 1. The van der Waals surface area contributed by atoms with Gasteiger partial charge in [-0.3, -0.25) is 0 Å². The molecule has 0 fully saturated rings. The normalized spacial score (nSPS) is 12.8. The van der Waals surface area contributed by atoms with Gasteiger partial charge in [-0.05, 0) is 17.7 Å². The molecule has 1 aromatic carbocycles. The Morgan fingerprint density at radius 3 is 2.60 bits per heavy atom. The Hall–Kier alpha value is -0.464. The van der Waals surface area contributed by atoms with Crippen molar-refractivity contribution in [2.45, 2.75) is 0 Å². The molecule has 70 valence electrons. The number of carbonyl (C=O) groups excluding carboxylic acids is 2. The van der Waals surface area contributed by atoms with Gasteiger partial charge in [-0.1, -0.05) is 12.6 Å². The number of hydrogen-bond acceptors (Lipinski definition) is 4. The zero-order valence-electron chi connectivity index (χ0n) is 8.07. The van der Waals surface area contributed by atoms with Crippen LogP contribution in [0.2, 0.25) is 0 Å². The zero-order valence-corrected chi connectivity index (χ0v) is 11.2. The summed E-state index contributed by atoms with van der Waals surface area (Å²) in [6.07, 6.45) is 0. The average Bonchev–Trinajstić information content (AvgIpc) is 2.42. The monoisotopic (exact) mass is 228 g/mol. The smallest absolute Gasteiger partial charge is 0.545 e. The minimum atomic E-state index is -1.29. The Kier molecular flexibility index (Phi) is 3.85. The van der Waals surface area contributed by atoms with Crippen molar-refractivity contribution in [3.05, 3.63) is 41.5 Å². The molecule has 0 unspecified atom stereocenters. The van der Waals surface area contributed by atoms with Gasteiger partial charge in [-0.25, -0.2) is 4.79 Å². The van der Waals surface area contributed by atoms with Crippen LogP contribution in [0, 0.1) is 0 Å². The molecule has 0 saturated carbocycles. The summed E-state index contributed by atoms with van der Waals surface area (Å²) in [6.45, 7) is 3.49. The molecule has 15 heavy (non-hydrogen) atoms. The van der Waals surface area contributed by atoms with Crippen LogP contribution in [0.1, 0.15) is 26.3 Å². The van der Waals surface area contributed by atoms with Crippen LogP contribution >= 0.6 is 0 Å². The molecule has 1 aliphatic rings. The van der Waals surface area contributed by atoms with E-state index >= 15 is 0 Å². The molecule has 1 aromatic rings. The van der Waals surface area contributed by atoms with Gasteiger partial charge in [0.1, 0.15) is 5.76 Å². The largest absolute Gasteiger partial charge is 1.00 e. The second kappa shape index (κ2) is 4.59. The number of aromatic carboxylic acids is 1. The minimum Gasteiger partial charge on any atom is -0.545 e. The van der Waals surface area contributed by atoms with Crippen molar-refractivity contribution in [1.82, 2.24) is 0 Å². The van der Waals surface area contributed by atoms with Gasteiger partial charge in [0, 0.05) is 5.56 Å². The van der Waals surface area contributed by atoms with Crippen LogP contribution in [0.15, 0.2) is 24.8 Å². The van der Waals surface area contributed by atoms with E-state index in [1.807, 2.05) is 0 Å². The molecule has 0 spiro atoms. The second-order valence-corrected chi connectivity index (χ2v) is 2.86. The number of esters is 1. The van der Waals surface area contributed by atoms with Gasteiger partial charge in [0.2, 0.25) is 0 Å². The zero-order chi connectivity index (χ0) is 10.3. The first-order valence-corrected chi connectivity index (χ1v) is 3.86. The van der Waals surface area contributed by atoms with Gasteiger partial charge in [0.05, 0.1) is 11.5 Å². The molecule has 0 N–H and O–H groups in total. The molecule has 0 bridgehead atoms. The summed E-state index contributed by atoms with van der Waals surface area (Å²) in [4.78, 5) is 21.6.